The van der Waals surface area contributed by atoms with E-state index in [-0.39, 0.29) is 29.4 Å². The number of nitrogens with zero attached hydrogens (tertiary/aromatic N) is 3. The van der Waals surface area contributed by atoms with Crippen LogP contribution in [0.5, 0.6) is 0 Å². The topological polar surface area (TPSA) is 64.4 Å². The van der Waals surface area contributed by atoms with Crippen molar-refractivity contribution in [3.63, 3.8) is 0 Å². The van der Waals surface area contributed by atoms with Crippen molar-refractivity contribution in [2.24, 2.45) is 5.41 Å². The average Bonchev–Trinajstić information content (AvgIpc) is 3.12. The number of Topliss-reactive ketones (excluding diaryl/α,β-unsaturated/α-hetero) is 1. The lowest BCUT2D eigenvalue weighted by atomic mass is 9.67. The smallest absolute Gasteiger partial charge is 0.410 e. The van der Waals surface area contributed by atoms with Crippen LogP contribution >= 0.6 is 0 Å². The number of likely N-dealkylation sites (tertiary alicyclic amines) is 1. The summed E-state index contributed by atoms with van der Waals surface area (Å²) in [5, 5.41) is 4.51. The molecule has 1 aliphatic heterocycles. The summed E-state index contributed by atoms with van der Waals surface area (Å²) in [4.78, 5) is 27.2. The lowest BCUT2D eigenvalue weighted by molar-refractivity contribution is 0.0514. The number of hydrogen-bond acceptors (Lipinski definition) is 4. The summed E-state index contributed by atoms with van der Waals surface area (Å²) in [6.07, 6.45) is 4.62. The number of benzene rings is 1. The van der Waals surface area contributed by atoms with Crippen molar-refractivity contribution in [2.45, 2.75) is 58.6 Å². The molecule has 154 valence electrons. The molecule has 1 aliphatic carbocycles. The number of rotatable bonds is 2. The highest BCUT2D eigenvalue weighted by Gasteiger charge is 2.44. The van der Waals surface area contributed by atoms with Crippen LogP contribution in [0, 0.1) is 5.41 Å². The van der Waals surface area contributed by atoms with Gasteiger partial charge >= 0.3 is 6.09 Å². The van der Waals surface area contributed by atoms with Crippen molar-refractivity contribution < 1.29 is 14.3 Å². The standard InChI is InChI=1S/C23H29N3O3/c1-22(2,3)26-20-18(15-24-26)13-23(14-19(20)27)9-11-25(12-10-23)21(28)29-16-17-7-5-4-6-8-17/h4-8,15H,9-14,16H2,1-3H3. The number of carbonyl (C=O) groups excluding carboxylic acids is 2. The van der Waals surface area contributed by atoms with Crippen LogP contribution in [0.3, 0.4) is 0 Å². The quantitative estimate of drug-likeness (QED) is 0.765. The highest BCUT2D eigenvalue weighted by Crippen LogP contribution is 2.44. The Balaban J connectivity index is 1.38. The molecule has 1 aromatic heterocycles. The third-order valence-corrected chi connectivity index (χ3v) is 6.13. The average molecular weight is 396 g/mol. The molecule has 6 heteroatoms. The van der Waals surface area contributed by atoms with Crippen molar-refractivity contribution >= 4 is 11.9 Å². The molecule has 2 aromatic rings. The zero-order valence-corrected chi connectivity index (χ0v) is 17.5. The molecule has 1 saturated heterocycles. The first-order valence-electron chi connectivity index (χ1n) is 10.3. The maximum atomic E-state index is 13.0. The van der Waals surface area contributed by atoms with Crippen LogP contribution in [0.1, 0.15) is 61.6 Å². The molecule has 1 amide bonds. The van der Waals surface area contributed by atoms with E-state index in [1.807, 2.05) is 41.2 Å². The van der Waals surface area contributed by atoms with E-state index in [9.17, 15) is 9.59 Å². The van der Waals surface area contributed by atoms with Crippen molar-refractivity contribution in [3.05, 3.63) is 53.3 Å². The van der Waals surface area contributed by atoms with Crippen LogP contribution < -0.4 is 0 Å². The van der Waals surface area contributed by atoms with Gasteiger partial charge in [-0.3, -0.25) is 9.48 Å². The van der Waals surface area contributed by atoms with Crippen molar-refractivity contribution in [3.8, 4) is 0 Å². The van der Waals surface area contributed by atoms with Gasteiger partial charge in [-0.15, -0.1) is 0 Å². The monoisotopic (exact) mass is 395 g/mol. The Labute approximate surface area is 171 Å². The minimum atomic E-state index is -0.271. The van der Waals surface area contributed by atoms with Gasteiger partial charge in [0.1, 0.15) is 12.3 Å². The second-order valence-electron chi connectivity index (χ2n) is 9.40. The molecule has 2 aliphatic rings. The molecule has 2 heterocycles. The zero-order valence-electron chi connectivity index (χ0n) is 17.5. The van der Waals surface area contributed by atoms with Gasteiger partial charge in [-0.1, -0.05) is 30.3 Å². The van der Waals surface area contributed by atoms with Crippen LogP contribution in [0.2, 0.25) is 0 Å². The third-order valence-electron chi connectivity index (χ3n) is 6.13. The number of hydrogen-bond donors (Lipinski definition) is 0. The van der Waals surface area contributed by atoms with Crippen LogP contribution in [0.15, 0.2) is 36.5 Å². The van der Waals surface area contributed by atoms with Crippen LogP contribution in [-0.4, -0.2) is 39.6 Å². The number of piperidine rings is 1. The van der Waals surface area contributed by atoms with E-state index in [1.165, 1.54) is 0 Å². The fourth-order valence-electron chi connectivity index (χ4n) is 4.54. The Kier molecular flexibility index (Phi) is 4.97. The summed E-state index contributed by atoms with van der Waals surface area (Å²) in [5.74, 6) is 0.179. The Morgan fingerprint density at radius 2 is 1.83 bits per heavy atom. The first kappa shape index (κ1) is 19.7. The second kappa shape index (κ2) is 7.32. The first-order chi connectivity index (χ1) is 13.8. The van der Waals surface area contributed by atoms with Gasteiger partial charge in [0.2, 0.25) is 0 Å². The van der Waals surface area contributed by atoms with Crippen molar-refractivity contribution in [2.75, 3.05) is 13.1 Å². The number of amides is 1. The molecular formula is C23H29N3O3. The second-order valence-corrected chi connectivity index (χ2v) is 9.40. The van der Waals surface area contributed by atoms with Crippen LogP contribution in [0.25, 0.3) is 0 Å². The highest BCUT2D eigenvalue weighted by atomic mass is 16.6. The normalized spacial score (nSPS) is 18.6. The van der Waals surface area contributed by atoms with E-state index in [4.69, 9.17) is 4.74 Å². The maximum Gasteiger partial charge on any atom is 0.410 e. The fourth-order valence-corrected chi connectivity index (χ4v) is 4.54. The Bertz CT molecular complexity index is 903. The molecule has 0 radical (unpaired) electrons. The molecule has 6 nitrogen and oxygen atoms in total. The summed E-state index contributed by atoms with van der Waals surface area (Å²) in [7, 11) is 0. The van der Waals surface area contributed by atoms with Gasteiger partial charge in [-0.25, -0.2) is 4.79 Å². The Morgan fingerprint density at radius 3 is 2.48 bits per heavy atom. The third kappa shape index (κ3) is 3.93. The number of carbonyl (C=O) groups is 2. The summed E-state index contributed by atoms with van der Waals surface area (Å²) in [5.41, 5.74) is 2.53. The molecule has 1 spiro atoms. The van der Waals surface area contributed by atoms with E-state index in [0.717, 1.165) is 36.1 Å². The summed E-state index contributed by atoms with van der Waals surface area (Å²) in [6, 6.07) is 9.70. The summed E-state index contributed by atoms with van der Waals surface area (Å²) in [6.45, 7) is 7.74. The van der Waals surface area contributed by atoms with Crippen molar-refractivity contribution in [1.82, 2.24) is 14.7 Å². The largest absolute Gasteiger partial charge is 0.445 e. The molecule has 0 atom stereocenters. The molecular weight excluding hydrogens is 366 g/mol. The van der Waals surface area contributed by atoms with Gasteiger partial charge < -0.3 is 9.64 Å². The van der Waals surface area contributed by atoms with Gasteiger partial charge in [-0.2, -0.15) is 5.10 Å². The molecule has 29 heavy (non-hydrogen) atoms. The summed E-state index contributed by atoms with van der Waals surface area (Å²) < 4.78 is 7.34. The number of aromatic nitrogens is 2. The minimum absolute atomic E-state index is 0.0635. The van der Waals surface area contributed by atoms with E-state index in [2.05, 4.69) is 25.9 Å². The highest BCUT2D eigenvalue weighted by molar-refractivity contribution is 5.97. The predicted octanol–water partition coefficient (Wildman–Crippen LogP) is 4.19. The lowest BCUT2D eigenvalue weighted by Gasteiger charge is -2.43. The number of fused-ring (bicyclic) bond motifs is 1. The summed E-state index contributed by atoms with van der Waals surface area (Å²) >= 11 is 0. The molecule has 0 saturated carbocycles. The van der Waals surface area contributed by atoms with Gasteiger partial charge in [-0.05, 0) is 51.0 Å². The molecule has 4 rings (SSSR count). The van der Waals surface area contributed by atoms with Crippen molar-refractivity contribution in [1.29, 1.82) is 0 Å². The van der Waals surface area contributed by atoms with Gasteiger partial charge in [0.25, 0.3) is 0 Å². The zero-order chi connectivity index (χ0) is 20.6. The SMILES string of the molecule is CC(C)(C)n1ncc2c1C(=O)CC1(CCN(C(=O)OCc3ccccc3)CC1)C2. The van der Waals surface area contributed by atoms with Crippen LogP contribution in [-0.2, 0) is 23.3 Å². The number of ketones is 1. The predicted molar refractivity (Wildman–Crippen MR) is 110 cm³/mol. The van der Waals surface area contributed by atoms with Gasteiger partial charge in [0.15, 0.2) is 5.78 Å². The first-order valence-corrected chi connectivity index (χ1v) is 10.3. The fraction of sp³-hybridized carbons (Fsp3) is 0.522. The molecule has 1 aromatic carbocycles. The molecule has 0 unspecified atom stereocenters. The minimum Gasteiger partial charge on any atom is -0.445 e. The molecule has 0 bridgehead atoms. The van der Waals surface area contributed by atoms with E-state index < -0.39 is 0 Å². The Morgan fingerprint density at radius 1 is 1.14 bits per heavy atom. The van der Waals surface area contributed by atoms with Crippen LogP contribution in [0.4, 0.5) is 4.79 Å². The maximum absolute atomic E-state index is 13.0. The van der Waals surface area contributed by atoms with Gasteiger partial charge in [0.05, 0.1) is 11.7 Å². The molecule has 1 fully saturated rings. The molecule has 0 N–H and O–H groups in total. The Hall–Kier alpha value is -2.63. The lowest BCUT2D eigenvalue weighted by Crippen LogP contribution is -2.46. The van der Waals surface area contributed by atoms with E-state index in [1.54, 1.807) is 4.90 Å². The van der Waals surface area contributed by atoms with Gasteiger partial charge in [0, 0.05) is 25.1 Å². The van der Waals surface area contributed by atoms with E-state index >= 15 is 0 Å². The number of ether oxygens (including phenoxy) is 1. The van der Waals surface area contributed by atoms with E-state index in [0.29, 0.717) is 19.5 Å².